The van der Waals surface area contributed by atoms with Crippen molar-refractivity contribution in [2.24, 2.45) is 5.92 Å². The zero-order chi connectivity index (χ0) is 13.1. The summed E-state index contributed by atoms with van der Waals surface area (Å²) >= 11 is 0. The number of nitrogens with two attached hydrogens (primary N) is 1. The molecule has 1 fully saturated rings. The molecule has 98 valence electrons. The molecular weight excluding hydrogens is 224 g/mol. The highest BCUT2D eigenvalue weighted by Gasteiger charge is 2.30. The first kappa shape index (κ1) is 12.9. The third-order valence-electron chi connectivity index (χ3n) is 3.76. The number of nitrogens with zero attached hydrogens (tertiary/aromatic N) is 1. The monoisotopic (exact) mass is 246 g/mol. The molecule has 1 saturated carbocycles. The van der Waals surface area contributed by atoms with E-state index in [-0.39, 0.29) is 12.0 Å². The third kappa shape index (κ3) is 2.66. The molecule has 0 bridgehead atoms. The van der Waals surface area contributed by atoms with Gasteiger partial charge in [0, 0.05) is 24.2 Å². The van der Waals surface area contributed by atoms with Gasteiger partial charge in [-0.15, -0.1) is 0 Å². The summed E-state index contributed by atoms with van der Waals surface area (Å²) in [5.41, 5.74) is 7.76. The van der Waals surface area contributed by atoms with Gasteiger partial charge in [-0.3, -0.25) is 4.79 Å². The largest absolute Gasteiger partial charge is 0.398 e. The van der Waals surface area contributed by atoms with E-state index in [4.69, 9.17) is 5.73 Å². The van der Waals surface area contributed by atoms with Crippen LogP contribution in [0.3, 0.4) is 0 Å². The summed E-state index contributed by atoms with van der Waals surface area (Å²) in [6, 6.07) is 8.00. The van der Waals surface area contributed by atoms with Gasteiger partial charge in [-0.1, -0.05) is 24.6 Å². The summed E-state index contributed by atoms with van der Waals surface area (Å²) in [6.45, 7) is 4.76. The number of hydrogen-bond acceptors (Lipinski definition) is 2. The van der Waals surface area contributed by atoms with Crippen LogP contribution in [-0.4, -0.2) is 16.8 Å². The molecule has 1 aromatic carbocycles. The van der Waals surface area contributed by atoms with E-state index in [9.17, 15) is 4.79 Å². The summed E-state index contributed by atoms with van der Waals surface area (Å²) in [7, 11) is 0. The minimum atomic E-state index is 0.220. The van der Waals surface area contributed by atoms with Crippen LogP contribution in [0.1, 0.15) is 38.7 Å². The van der Waals surface area contributed by atoms with E-state index in [0.29, 0.717) is 12.5 Å². The number of carbonyl (C=O) groups excluding carboxylic acids is 1. The second-order valence-electron chi connectivity index (χ2n) is 5.39. The van der Waals surface area contributed by atoms with Crippen molar-refractivity contribution in [1.29, 1.82) is 0 Å². The fourth-order valence-corrected chi connectivity index (χ4v) is 2.27. The Hall–Kier alpha value is -1.51. The predicted octanol–water partition coefficient (Wildman–Crippen LogP) is 2.81. The first-order valence-electron chi connectivity index (χ1n) is 6.73. The molecule has 0 saturated heterocycles. The maximum absolute atomic E-state index is 12.4. The number of anilines is 1. The highest BCUT2D eigenvalue weighted by atomic mass is 16.2. The highest BCUT2D eigenvalue weighted by Crippen LogP contribution is 2.29. The van der Waals surface area contributed by atoms with E-state index in [1.165, 1.54) is 6.42 Å². The Bertz CT molecular complexity index is 424. The summed E-state index contributed by atoms with van der Waals surface area (Å²) in [4.78, 5) is 14.3. The molecule has 3 nitrogen and oxygen atoms in total. The average Bonchev–Trinajstić information content (AvgIpc) is 2.24. The van der Waals surface area contributed by atoms with Crippen LogP contribution in [0, 0.1) is 5.92 Å². The number of nitrogen functional groups attached to an aromatic ring is 1. The maximum Gasteiger partial charge on any atom is 0.226 e. The lowest BCUT2D eigenvalue weighted by molar-refractivity contribution is -0.140. The number of rotatable bonds is 4. The van der Waals surface area contributed by atoms with E-state index in [1.54, 1.807) is 0 Å². The highest BCUT2D eigenvalue weighted by molar-refractivity contribution is 5.80. The summed E-state index contributed by atoms with van der Waals surface area (Å²) < 4.78 is 0. The average molecular weight is 246 g/mol. The van der Waals surface area contributed by atoms with Gasteiger partial charge in [-0.2, -0.15) is 0 Å². The fraction of sp³-hybridized carbons (Fsp3) is 0.533. The molecule has 2 N–H and O–H groups in total. The van der Waals surface area contributed by atoms with Crippen LogP contribution in [0.4, 0.5) is 5.69 Å². The predicted molar refractivity (Wildman–Crippen MR) is 73.9 cm³/mol. The molecule has 1 aromatic rings. The molecule has 0 radical (unpaired) electrons. The molecule has 1 aliphatic rings. The topological polar surface area (TPSA) is 46.3 Å². The van der Waals surface area contributed by atoms with Crippen molar-refractivity contribution in [2.75, 3.05) is 5.73 Å². The van der Waals surface area contributed by atoms with Crippen molar-refractivity contribution in [1.82, 2.24) is 4.90 Å². The minimum Gasteiger partial charge on any atom is -0.398 e. The van der Waals surface area contributed by atoms with E-state index >= 15 is 0 Å². The second kappa shape index (κ2) is 5.42. The smallest absolute Gasteiger partial charge is 0.226 e. The van der Waals surface area contributed by atoms with E-state index in [2.05, 4.69) is 13.8 Å². The van der Waals surface area contributed by atoms with Crippen LogP contribution in [0.5, 0.6) is 0 Å². The van der Waals surface area contributed by atoms with Gasteiger partial charge in [-0.05, 0) is 38.3 Å². The van der Waals surface area contributed by atoms with Crippen molar-refractivity contribution in [3.63, 3.8) is 0 Å². The molecule has 3 heteroatoms. The maximum atomic E-state index is 12.4. The minimum absolute atomic E-state index is 0.220. The zero-order valence-corrected chi connectivity index (χ0v) is 11.2. The first-order valence-corrected chi connectivity index (χ1v) is 6.73. The summed E-state index contributed by atoms with van der Waals surface area (Å²) in [5.74, 6) is 0.539. The van der Waals surface area contributed by atoms with Crippen LogP contribution in [0.2, 0.25) is 0 Å². The van der Waals surface area contributed by atoms with Gasteiger partial charge in [0.25, 0.3) is 0 Å². The molecule has 0 heterocycles. The van der Waals surface area contributed by atoms with Gasteiger partial charge in [0.1, 0.15) is 0 Å². The van der Waals surface area contributed by atoms with Crippen LogP contribution < -0.4 is 5.73 Å². The van der Waals surface area contributed by atoms with Gasteiger partial charge >= 0.3 is 0 Å². The third-order valence-corrected chi connectivity index (χ3v) is 3.76. The van der Waals surface area contributed by atoms with Gasteiger partial charge in [-0.25, -0.2) is 0 Å². The molecule has 0 aromatic heterocycles. The second-order valence-corrected chi connectivity index (χ2v) is 5.39. The molecule has 0 aliphatic heterocycles. The van der Waals surface area contributed by atoms with E-state index < -0.39 is 0 Å². The molecule has 0 atom stereocenters. The Morgan fingerprint density at radius 1 is 1.39 bits per heavy atom. The number of amides is 1. The lowest BCUT2D eigenvalue weighted by Gasteiger charge is -2.34. The van der Waals surface area contributed by atoms with Crippen LogP contribution >= 0.6 is 0 Å². The zero-order valence-electron chi connectivity index (χ0n) is 11.2. The quantitative estimate of drug-likeness (QED) is 0.830. The van der Waals surface area contributed by atoms with Gasteiger partial charge in [0.15, 0.2) is 0 Å². The number of para-hydroxylation sites is 1. The van der Waals surface area contributed by atoms with Crippen molar-refractivity contribution in [3.8, 4) is 0 Å². The number of benzene rings is 1. The molecule has 0 spiro atoms. The Labute approximate surface area is 109 Å². The van der Waals surface area contributed by atoms with Crippen molar-refractivity contribution < 1.29 is 4.79 Å². The lowest BCUT2D eigenvalue weighted by Crippen LogP contribution is -2.42. The molecule has 0 unspecified atom stereocenters. The molecule has 1 amide bonds. The Morgan fingerprint density at radius 3 is 2.56 bits per heavy atom. The van der Waals surface area contributed by atoms with Crippen molar-refractivity contribution in [2.45, 2.75) is 45.7 Å². The van der Waals surface area contributed by atoms with Crippen LogP contribution in [0.25, 0.3) is 0 Å². The van der Waals surface area contributed by atoms with Gasteiger partial charge in [0.2, 0.25) is 5.91 Å². The van der Waals surface area contributed by atoms with Gasteiger partial charge < -0.3 is 10.6 Å². The Balaban J connectivity index is 2.11. The van der Waals surface area contributed by atoms with Crippen molar-refractivity contribution >= 4 is 11.6 Å². The number of hydrogen-bond donors (Lipinski definition) is 1. The molecular formula is C15H22N2O. The summed E-state index contributed by atoms with van der Waals surface area (Å²) in [6.07, 6.45) is 3.29. The molecule has 1 aliphatic carbocycles. The van der Waals surface area contributed by atoms with Gasteiger partial charge in [0.05, 0.1) is 0 Å². The fourth-order valence-electron chi connectivity index (χ4n) is 2.27. The standard InChI is InChI=1S/C15H22N2O/c1-11(2)17(15(18)12-7-5-8-12)10-13-6-3-4-9-14(13)16/h3-4,6,9,11-12H,5,7-8,10,16H2,1-2H3. The van der Waals surface area contributed by atoms with Crippen molar-refractivity contribution in [3.05, 3.63) is 29.8 Å². The SMILES string of the molecule is CC(C)N(Cc1ccccc1N)C(=O)C1CCC1. The molecule has 18 heavy (non-hydrogen) atoms. The van der Waals surface area contributed by atoms with Crippen LogP contribution in [-0.2, 0) is 11.3 Å². The van der Waals surface area contributed by atoms with E-state index in [1.807, 2.05) is 29.2 Å². The Morgan fingerprint density at radius 2 is 2.06 bits per heavy atom. The number of carbonyl (C=O) groups is 1. The normalized spacial score (nSPS) is 15.5. The summed E-state index contributed by atoms with van der Waals surface area (Å²) in [5, 5.41) is 0. The Kier molecular flexibility index (Phi) is 3.90. The molecule has 2 rings (SSSR count). The first-order chi connectivity index (χ1) is 8.59. The van der Waals surface area contributed by atoms with E-state index in [0.717, 1.165) is 24.1 Å². The van der Waals surface area contributed by atoms with Crippen LogP contribution in [0.15, 0.2) is 24.3 Å². The lowest BCUT2D eigenvalue weighted by atomic mass is 9.84.